The van der Waals surface area contributed by atoms with E-state index in [4.69, 9.17) is 16.3 Å². The van der Waals surface area contributed by atoms with E-state index in [1.54, 1.807) is 13.2 Å². The number of methoxy groups -OCH3 is 1. The van der Waals surface area contributed by atoms with Gasteiger partial charge in [-0.15, -0.1) is 0 Å². The van der Waals surface area contributed by atoms with Crippen molar-refractivity contribution in [1.29, 1.82) is 0 Å². The van der Waals surface area contributed by atoms with Crippen LogP contribution in [0.15, 0.2) is 36.4 Å². The van der Waals surface area contributed by atoms with Crippen LogP contribution >= 0.6 is 11.6 Å². The van der Waals surface area contributed by atoms with Gasteiger partial charge in [0.15, 0.2) is 0 Å². The highest BCUT2D eigenvalue weighted by Crippen LogP contribution is 2.41. The first-order valence-corrected chi connectivity index (χ1v) is 7.23. The predicted molar refractivity (Wildman–Crippen MR) is 80.3 cm³/mol. The van der Waals surface area contributed by atoms with Gasteiger partial charge in [0.2, 0.25) is 0 Å². The van der Waals surface area contributed by atoms with Crippen LogP contribution in [0.5, 0.6) is 5.75 Å². The maximum atomic E-state index is 13.9. The van der Waals surface area contributed by atoms with Crippen molar-refractivity contribution in [3.8, 4) is 5.75 Å². The number of aliphatic hydroxyl groups is 1. The third kappa shape index (κ3) is 2.63. The van der Waals surface area contributed by atoms with E-state index in [0.717, 1.165) is 17.5 Å². The molecule has 4 heteroatoms. The smallest absolute Gasteiger partial charge is 0.126 e. The summed E-state index contributed by atoms with van der Waals surface area (Å²) in [4.78, 5) is 0. The molecule has 3 rings (SSSR count). The van der Waals surface area contributed by atoms with Gasteiger partial charge in [-0.25, -0.2) is 4.39 Å². The lowest BCUT2D eigenvalue weighted by atomic mass is 9.88. The molecule has 21 heavy (non-hydrogen) atoms. The molecule has 2 nitrogen and oxygen atoms in total. The Balaban J connectivity index is 1.98. The van der Waals surface area contributed by atoms with E-state index in [-0.39, 0.29) is 12.2 Å². The summed E-state index contributed by atoms with van der Waals surface area (Å²) in [7, 11) is 1.59. The van der Waals surface area contributed by atoms with Gasteiger partial charge in [-0.05, 0) is 59.9 Å². The highest BCUT2D eigenvalue weighted by molar-refractivity contribution is 6.30. The van der Waals surface area contributed by atoms with Crippen molar-refractivity contribution < 1.29 is 14.2 Å². The van der Waals surface area contributed by atoms with Crippen LogP contribution in [0.3, 0.4) is 0 Å². The number of rotatable bonds is 3. The van der Waals surface area contributed by atoms with Crippen LogP contribution in [0.4, 0.5) is 4.39 Å². The van der Waals surface area contributed by atoms with Gasteiger partial charge in [0.05, 0.1) is 12.7 Å². The first-order valence-electron chi connectivity index (χ1n) is 6.85. The van der Waals surface area contributed by atoms with Gasteiger partial charge in [-0.2, -0.15) is 0 Å². The average Bonchev–Trinajstić information content (AvgIpc) is 2.80. The molecule has 1 aliphatic carbocycles. The number of hydrogen-bond donors (Lipinski definition) is 1. The molecule has 2 aromatic carbocycles. The van der Waals surface area contributed by atoms with Crippen molar-refractivity contribution >= 4 is 11.6 Å². The summed E-state index contributed by atoms with van der Waals surface area (Å²) < 4.78 is 19.1. The number of halogens is 2. The van der Waals surface area contributed by atoms with E-state index in [1.807, 2.05) is 18.2 Å². The quantitative estimate of drug-likeness (QED) is 0.933. The zero-order chi connectivity index (χ0) is 15.0. The third-order valence-corrected chi connectivity index (χ3v) is 4.35. The van der Waals surface area contributed by atoms with Gasteiger partial charge >= 0.3 is 0 Å². The van der Waals surface area contributed by atoms with E-state index >= 15 is 0 Å². The van der Waals surface area contributed by atoms with Crippen LogP contribution in [0.25, 0.3) is 0 Å². The lowest BCUT2D eigenvalue weighted by Gasteiger charge is -2.25. The number of fused-ring (bicyclic) bond motifs is 1. The molecule has 2 aromatic rings. The Hall–Kier alpha value is -1.58. The van der Waals surface area contributed by atoms with Crippen LogP contribution in [0.2, 0.25) is 5.02 Å². The fourth-order valence-corrected chi connectivity index (χ4v) is 3.18. The highest BCUT2D eigenvalue weighted by Gasteiger charge is 2.37. The molecule has 0 amide bonds. The van der Waals surface area contributed by atoms with Gasteiger partial charge in [0, 0.05) is 11.4 Å². The summed E-state index contributed by atoms with van der Waals surface area (Å²) in [6, 6.07) is 10.1. The van der Waals surface area contributed by atoms with E-state index in [2.05, 4.69) is 0 Å². The second kappa shape index (κ2) is 5.32. The van der Waals surface area contributed by atoms with Crippen LogP contribution in [0.1, 0.15) is 23.1 Å². The van der Waals surface area contributed by atoms with E-state index in [1.165, 1.54) is 12.1 Å². The second-order valence-electron chi connectivity index (χ2n) is 5.47. The molecule has 0 saturated carbocycles. The van der Waals surface area contributed by atoms with Crippen molar-refractivity contribution in [2.45, 2.75) is 24.9 Å². The lowest BCUT2D eigenvalue weighted by Crippen LogP contribution is -2.26. The molecule has 0 aromatic heterocycles. The first-order chi connectivity index (χ1) is 10.0. The van der Waals surface area contributed by atoms with Crippen molar-refractivity contribution in [2.24, 2.45) is 0 Å². The molecule has 0 fully saturated rings. The minimum absolute atomic E-state index is 0.208. The molecule has 0 heterocycles. The molecule has 0 saturated heterocycles. The molecule has 110 valence electrons. The monoisotopic (exact) mass is 306 g/mol. The average molecular weight is 307 g/mol. The van der Waals surface area contributed by atoms with Gasteiger partial charge in [0.25, 0.3) is 0 Å². The molecule has 1 aliphatic rings. The molecule has 1 unspecified atom stereocenters. The van der Waals surface area contributed by atoms with Crippen LogP contribution in [-0.2, 0) is 18.4 Å². The fraction of sp³-hybridized carbons (Fsp3) is 0.294. The zero-order valence-electron chi connectivity index (χ0n) is 11.7. The van der Waals surface area contributed by atoms with E-state index in [0.29, 0.717) is 22.8 Å². The Morgan fingerprint density at radius 2 is 2.10 bits per heavy atom. The topological polar surface area (TPSA) is 29.5 Å². The minimum Gasteiger partial charge on any atom is -0.497 e. The number of ether oxygens (including phenoxy) is 1. The number of aryl methyl sites for hydroxylation is 1. The van der Waals surface area contributed by atoms with Crippen LogP contribution in [0, 0.1) is 5.82 Å². The number of hydrogen-bond acceptors (Lipinski definition) is 2. The minimum atomic E-state index is -1.07. The molecule has 1 N–H and O–H groups in total. The fourth-order valence-electron chi connectivity index (χ4n) is 2.99. The van der Waals surface area contributed by atoms with Crippen molar-refractivity contribution in [3.63, 3.8) is 0 Å². The summed E-state index contributed by atoms with van der Waals surface area (Å²) in [5, 5.41) is 11.4. The summed E-state index contributed by atoms with van der Waals surface area (Å²) >= 11 is 5.93. The van der Waals surface area contributed by atoms with Gasteiger partial charge in [0.1, 0.15) is 11.6 Å². The van der Waals surface area contributed by atoms with E-state index < -0.39 is 5.60 Å². The summed E-state index contributed by atoms with van der Waals surface area (Å²) in [5.74, 6) is 0.352. The maximum absolute atomic E-state index is 13.9. The van der Waals surface area contributed by atoms with Gasteiger partial charge in [-0.1, -0.05) is 17.7 Å². The molecule has 0 aliphatic heterocycles. The standard InChI is InChI=1S/C17H16ClFO2/c1-21-14-4-2-11-6-7-17(20,15(11)9-14)10-12-8-13(18)3-5-16(12)19/h2-5,8-9,20H,6-7,10H2,1H3. The molecule has 0 radical (unpaired) electrons. The Morgan fingerprint density at radius 3 is 2.86 bits per heavy atom. The Labute approximate surface area is 128 Å². The largest absolute Gasteiger partial charge is 0.497 e. The second-order valence-corrected chi connectivity index (χ2v) is 5.90. The Morgan fingerprint density at radius 1 is 1.29 bits per heavy atom. The molecular weight excluding hydrogens is 291 g/mol. The Kier molecular flexibility index (Phi) is 3.64. The van der Waals surface area contributed by atoms with Crippen LogP contribution in [-0.4, -0.2) is 12.2 Å². The summed E-state index contributed by atoms with van der Waals surface area (Å²) in [6.07, 6.45) is 1.55. The maximum Gasteiger partial charge on any atom is 0.126 e. The van der Waals surface area contributed by atoms with Gasteiger partial charge < -0.3 is 9.84 Å². The summed E-state index contributed by atoms with van der Waals surface area (Å²) in [5.41, 5.74) is 1.26. The van der Waals surface area contributed by atoms with Crippen LogP contribution < -0.4 is 4.74 Å². The lowest BCUT2D eigenvalue weighted by molar-refractivity contribution is 0.0379. The zero-order valence-corrected chi connectivity index (χ0v) is 12.5. The molecule has 0 spiro atoms. The van der Waals surface area contributed by atoms with Crippen molar-refractivity contribution in [3.05, 3.63) is 63.9 Å². The first kappa shape index (κ1) is 14.4. The normalized spacial score (nSPS) is 20.4. The van der Waals surface area contributed by atoms with Gasteiger partial charge in [-0.3, -0.25) is 0 Å². The Bertz CT molecular complexity index is 686. The third-order valence-electron chi connectivity index (χ3n) is 4.12. The SMILES string of the molecule is COc1ccc2c(c1)C(O)(Cc1cc(Cl)ccc1F)CC2. The van der Waals surface area contributed by atoms with E-state index in [9.17, 15) is 9.50 Å². The molecular formula is C17H16ClFO2. The highest BCUT2D eigenvalue weighted by atomic mass is 35.5. The molecule has 0 bridgehead atoms. The summed E-state index contributed by atoms with van der Waals surface area (Å²) in [6.45, 7) is 0. The molecule has 1 atom stereocenters. The van der Waals surface area contributed by atoms with Crippen molar-refractivity contribution in [2.75, 3.05) is 7.11 Å². The predicted octanol–water partition coefficient (Wildman–Crippen LogP) is 3.86. The van der Waals surface area contributed by atoms with Crippen molar-refractivity contribution in [1.82, 2.24) is 0 Å². The number of benzene rings is 2.